The highest BCUT2D eigenvalue weighted by molar-refractivity contribution is 7.25. The van der Waals surface area contributed by atoms with Gasteiger partial charge in [0.15, 0.2) is 7.28 Å². The Morgan fingerprint density at radius 3 is 1.98 bits per heavy atom. The lowest BCUT2D eigenvalue weighted by molar-refractivity contribution is 0.590. The lowest BCUT2D eigenvalue weighted by Crippen LogP contribution is -2.37. The topological polar surface area (TPSA) is 30.1 Å². The maximum Gasteiger partial charge on any atom is 0.198 e. The van der Waals surface area contributed by atoms with Crippen LogP contribution in [0.15, 0.2) is 168 Å². The predicted molar refractivity (Wildman–Crippen MR) is 272 cm³/mol. The lowest BCUT2D eigenvalue weighted by atomic mass is 9.59. The fraction of sp³-hybridized carbons (Fsp3) is 0.138. The van der Waals surface area contributed by atoms with Crippen LogP contribution in [0.2, 0.25) is 0 Å². The van der Waals surface area contributed by atoms with Crippen LogP contribution in [0, 0.1) is 0 Å². The molecule has 0 saturated heterocycles. The molecular formula is C58H46BN2OS. The van der Waals surface area contributed by atoms with Gasteiger partial charge in [0.2, 0.25) is 0 Å². The van der Waals surface area contributed by atoms with E-state index in [2.05, 4.69) is 222 Å². The minimum atomic E-state index is -0.0412. The van der Waals surface area contributed by atoms with Crippen LogP contribution < -0.4 is 16.2 Å². The Balaban J connectivity index is 1.15. The standard InChI is InChI=1S/C58H46BN2OS/c1-57(2,3)36-21-24-38(25-22-36)60-47-28-23-37(58(4,5)6)29-42(47)40-26-27-41-43-30-44-39-19-13-14-20-51(39)63-52(44)33-48(43)61-49-31-45-50(32-46(49)59-54(40)55(41)61)62-56(35-17-11-8-12-18-35)53(45)34-15-9-7-10-16-34/h7-33,60H,1-6H3. The number of hydrogen-bond donors (Lipinski definition) is 1. The molecule has 0 bridgehead atoms. The van der Waals surface area contributed by atoms with E-state index in [4.69, 9.17) is 4.42 Å². The molecule has 1 aliphatic heterocycles. The summed E-state index contributed by atoms with van der Waals surface area (Å²) in [6.07, 6.45) is 0. The van der Waals surface area contributed by atoms with Crippen LogP contribution in [0.5, 0.6) is 0 Å². The summed E-state index contributed by atoms with van der Waals surface area (Å²) in [6.45, 7) is 13.7. The van der Waals surface area contributed by atoms with Crippen molar-refractivity contribution in [3.63, 3.8) is 0 Å². The summed E-state index contributed by atoms with van der Waals surface area (Å²) in [5.74, 6) is 0.886. The maximum absolute atomic E-state index is 6.97. The zero-order valence-corrected chi connectivity index (χ0v) is 37.2. The molecule has 0 fully saturated rings. The molecule has 0 unspecified atom stereocenters. The highest BCUT2D eigenvalue weighted by Gasteiger charge is 2.30. The van der Waals surface area contributed by atoms with Crippen molar-refractivity contribution in [1.29, 1.82) is 0 Å². The van der Waals surface area contributed by atoms with Gasteiger partial charge >= 0.3 is 0 Å². The SMILES string of the molecule is CC(C)(C)c1ccc(Nc2ccc(C(C)(C)C)cc2-c2ccc3c4cc5c(cc4n4c3c2[B]c2cc3oc(-c6ccccc6)c(-c6ccccc6)c3cc2-4)sc2ccccc25)cc1. The zero-order valence-electron chi connectivity index (χ0n) is 36.4. The average Bonchev–Trinajstić information content (AvgIpc) is 3.95. The van der Waals surface area contributed by atoms with Crippen LogP contribution in [-0.4, -0.2) is 11.8 Å². The van der Waals surface area contributed by atoms with Gasteiger partial charge in [-0.25, -0.2) is 0 Å². The number of benzene rings is 8. The third kappa shape index (κ3) is 6.08. The number of thiophene rings is 1. The summed E-state index contributed by atoms with van der Waals surface area (Å²) in [5.41, 5.74) is 17.3. The first-order valence-electron chi connectivity index (χ1n) is 22.0. The normalized spacial score (nSPS) is 12.7. The quantitative estimate of drug-likeness (QED) is 0.175. The first-order valence-corrected chi connectivity index (χ1v) is 22.8. The molecule has 4 heterocycles. The average molecular weight is 830 g/mol. The van der Waals surface area contributed by atoms with Crippen molar-refractivity contribution >= 4 is 93.9 Å². The number of fused-ring (bicyclic) bond motifs is 9. The fourth-order valence-electron chi connectivity index (χ4n) is 9.83. The molecule has 0 saturated carbocycles. The van der Waals surface area contributed by atoms with Crippen molar-refractivity contribution in [2.24, 2.45) is 0 Å². The van der Waals surface area contributed by atoms with E-state index in [1.54, 1.807) is 0 Å². The summed E-state index contributed by atoms with van der Waals surface area (Å²) in [6, 6.07) is 60.2. The summed E-state index contributed by atoms with van der Waals surface area (Å²) in [7, 11) is 2.42. The number of nitrogens with one attached hydrogen (secondary N) is 1. The van der Waals surface area contributed by atoms with Crippen LogP contribution in [-0.2, 0) is 10.8 Å². The molecule has 12 rings (SSSR count). The lowest BCUT2D eigenvalue weighted by Gasteiger charge is -2.26. The molecule has 0 aliphatic carbocycles. The zero-order chi connectivity index (χ0) is 42.8. The van der Waals surface area contributed by atoms with Crippen LogP contribution in [0.3, 0.4) is 0 Å². The molecule has 0 amide bonds. The van der Waals surface area contributed by atoms with Crippen molar-refractivity contribution in [2.45, 2.75) is 52.4 Å². The molecule has 5 heteroatoms. The minimum Gasteiger partial charge on any atom is -0.455 e. The van der Waals surface area contributed by atoms with E-state index in [0.29, 0.717) is 0 Å². The molecule has 1 N–H and O–H groups in total. The van der Waals surface area contributed by atoms with Crippen LogP contribution >= 0.6 is 11.3 Å². The van der Waals surface area contributed by atoms with Gasteiger partial charge in [-0.05, 0) is 93.1 Å². The Bertz CT molecular complexity index is 3620. The Labute approximate surface area is 372 Å². The summed E-state index contributed by atoms with van der Waals surface area (Å²) in [4.78, 5) is 0. The van der Waals surface area contributed by atoms with Gasteiger partial charge in [0.05, 0.1) is 5.52 Å². The molecule has 1 radical (unpaired) electrons. The van der Waals surface area contributed by atoms with Crippen molar-refractivity contribution in [3.8, 4) is 39.3 Å². The van der Waals surface area contributed by atoms with E-state index in [1.165, 1.54) is 69.7 Å². The van der Waals surface area contributed by atoms with E-state index in [0.717, 1.165) is 55.9 Å². The molecule has 63 heavy (non-hydrogen) atoms. The van der Waals surface area contributed by atoms with Gasteiger partial charge in [-0.3, -0.25) is 0 Å². The van der Waals surface area contributed by atoms with E-state index in [-0.39, 0.29) is 10.8 Å². The van der Waals surface area contributed by atoms with E-state index in [1.807, 2.05) is 11.3 Å². The number of aromatic nitrogens is 1. The largest absolute Gasteiger partial charge is 0.455 e. The summed E-state index contributed by atoms with van der Waals surface area (Å²) >= 11 is 1.88. The van der Waals surface area contributed by atoms with Gasteiger partial charge in [0.1, 0.15) is 11.3 Å². The molecule has 1 aliphatic rings. The van der Waals surface area contributed by atoms with Gasteiger partial charge in [-0.1, -0.05) is 156 Å². The minimum absolute atomic E-state index is 0.0412. The summed E-state index contributed by atoms with van der Waals surface area (Å²) in [5, 5.41) is 10.1. The molecule has 0 spiro atoms. The second-order valence-electron chi connectivity index (χ2n) is 19.3. The van der Waals surface area contributed by atoms with Gasteiger partial charge in [-0.15, -0.1) is 11.3 Å². The molecular weight excluding hydrogens is 784 g/mol. The van der Waals surface area contributed by atoms with Crippen molar-refractivity contribution in [2.75, 3.05) is 5.32 Å². The molecule has 0 atom stereocenters. The first-order chi connectivity index (χ1) is 30.5. The highest BCUT2D eigenvalue weighted by atomic mass is 32.1. The molecule has 3 nitrogen and oxygen atoms in total. The predicted octanol–water partition coefficient (Wildman–Crippen LogP) is 15.2. The summed E-state index contributed by atoms with van der Waals surface area (Å²) < 4.78 is 12.1. The van der Waals surface area contributed by atoms with Crippen molar-refractivity contribution in [3.05, 3.63) is 175 Å². The third-order valence-electron chi connectivity index (χ3n) is 13.1. The Morgan fingerprint density at radius 2 is 1.24 bits per heavy atom. The fourth-order valence-corrected chi connectivity index (χ4v) is 10.9. The Hall–Kier alpha value is -6.82. The Morgan fingerprint density at radius 1 is 0.540 bits per heavy atom. The highest BCUT2D eigenvalue weighted by Crippen LogP contribution is 2.46. The van der Waals surface area contributed by atoms with E-state index >= 15 is 0 Å². The third-order valence-corrected chi connectivity index (χ3v) is 14.3. The first kappa shape index (κ1) is 37.9. The smallest absolute Gasteiger partial charge is 0.198 e. The van der Waals surface area contributed by atoms with Crippen molar-refractivity contribution < 1.29 is 4.42 Å². The molecule has 11 aromatic rings. The molecule has 8 aromatic carbocycles. The van der Waals surface area contributed by atoms with Crippen LogP contribution in [0.4, 0.5) is 11.4 Å². The number of anilines is 2. The van der Waals surface area contributed by atoms with Crippen molar-refractivity contribution in [1.82, 2.24) is 4.57 Å². The number of hydrogen-bond acceptors (Lipinski definition) is 3. The van der Waals surface area contributed by atoms with Crippen LogP contribution in [0.1, 0.15) is 52.7 Å². The molecule has 303 valence electrons. The van der Waals surface area contributed by atoms with Crippen LogP contribution in [0.25, 0.3) is 92.2 Å². The molecule has 3 aromatic heterocycles. The van der Waals surface area contributed by atoms with E-state index < -0.39 is 0 Å². The van der Waals surface area contributed by atoms with E-state index in [9.17, 15) is 0 Å². The number of nitrogens with zero attached hydrogens (tertiary/aromatic N) is 1. The second-order valence-corrected chi connectivity index (χ2v) is 20.4. The monoisotopic (exact) mass is 829 g/mol. The van der Waals surface area contributed by atoms with Gasteiger partial charge in [0, 0.05) is 75.6 Å². The van der Waals surface area contributed by atoms with Gasteiger partial charge in [-0.2, -0.15) is 0 Å². The second kappa shape index (κ2) is 13.8. The maximum atomic E-state index is 6.97. The number of furan rings is 1. The van der Waals surface area contributed by atoms with Gasteiger partial charge < -0.3 is 14.3 Å². The van der Waals surface area contributed by atoms with Gasteiger partial charge in [0.25, 0.3) is 0 Å². The number of rotatable bonds is 5. The Kier molecular flexibility index (Phi) is 8.33.